The van der Waals surface area contributed by atoms with Gasteiger partial charge in [0, 0.05) is 30.4 Å². The van der Waals surface area contributed by atoms with Crippen LogP contribution in [-0.4, -0.2) is 19.6 Å². The summed E-state index contributed by atoms with van der Waals surface area (Å²) >= 11 is 0. The number of benzene rings is 1. The second-order valence-corrected chi connectivity index (χ2v) is 4.81. The Kier molecular flexibility index (Phi) is 4.00. The molecule has 0 saturated carbocycles. The van der Waals surface area contributed by atoms with Crippen LogP contribution in [0.5, 0.6) is 0 Å². The van der Waals surface area contributed by atoms with Crippen LogP contribution in [-0.2, 0) is 6.54 Å². The average molecular weight is 236 g/mol. The minimum Gasteiger partial charge on any atom is -0.368 e. The highest BCUT2D eigenvalue weighted by Crippen LogP contribution is 2.29. The van der Waals surface area contributed by atoms with Crippen LogP contribution in [0, 0.1) is 5.82 Å². The summed E-state index contributed by atoms with van der Waals surface area (Å²) in [5.74, 6) is -0.102. The summed E-state index contributed by atoms with van der Waals surface area (Å²) in [6, 6.07) is 5.91. The van der Waals surface area contributed by atoms with Crippen molar-refractivity contribution >= 4 is 5.69 Å². The predicted molar refractivity (Wildman–Crippen MR) is 69.8 cm³/mol. The Morgan fingerprint density at radius 1 is 1.41 bits per heavy atom. The van der Waals surface area contributed by atoms with Gasteiger partial charge < -0.3 is 10.2 Å². The molecule has 0 aliphatic carbocycles. The van der Waals surface area contributed by atoms with E-state index in [0.717, 1.165) is 17.8 Å². The third-order valence-corrected chi connectivity index (χ3v) is 3.56. The standard InChI is InChI=1S/C14H21FN2/c1-11-6-3-4-9-17(11)14-8-5-7-13(15)12(14)10-16-2/h5,7-8,11,16H,3-4,6,9-10H2,1-2H3. The summed E-state index contributed by atoms with van der Waals surface area (Å²) in [5.41, 5.74) is 1.86. The molecule has 0 radical (unpaired) electrons. The minimum atomic E-state index is -0.102. The van der Waals surface area contributed by atoms with Crippen LogP contribution in [0.25, 0.3) is 0 Å². The first-order chi connectivity index (χ1) is 8.24. The van der Waals surface area contributed by atoms with Gasteiger partial charge in [0.2, 0.25) is 0 Å². The third kappa shape index (κ3) is 2.60. The zero-order valence-corrected chi connectivity index (χ0v) is 10.7. The smallest absolute Gasteiger partial charge is 0.129 e. The number of hydrogen-bond donors (Lipinski definition) is 1. The zero-order valence-electron chi connectivity index (χ0n) is 10.7. The zero-order chi connectivity index (χ0) is 12.3. The number of nitrogens with one attached hydrogen (secondary N) is 1. The molecule has 1 N–H and O–H groups in total. The molecule has 2 rings (SSSR count). The largest absolute Gasteiger partial charge is 0.368 e. The molecule has 1 atom stereocenters. The second-order valence-electron chi connectivity index (χ2n) is 4.81. The highest BCUT2D eigenvalue weighted by molar-refractivity contribution is 5.55. The van der Waals surface area contributed by atoms with Gasteiger partial charge >= 0.3 is 0 Å². The number of anilines is 1. The minimum absolute atomic E-state index is 0.102. The van der Waals surface area contributed by atoms with Gasteiger partial charge in [0.1, 0.15) is 5.82 Å². The van der Waals surface area contributed by atoms with Gasteiger partial charge in [0.25, 0.3) is 0 Å². The lowest BCUT2D eigenvalue weighted by atomic mass is 10.0. The fraction of sp³-hybridized carbons (Fsp3) is 0.571. The van der Waals surface area contributed by atoms with Crippen molar-refractivity contribution in [3.8, 4) is 0 Å². The molecule has 2 nitrogen and oxygen atoms in total. The fourth-order valence-electron chi connectivity index (χ4n) is 2.62. The SMILES string of the molecule is CNCc1c(F)cccc1N1CCCCC1C. The van der Waals surface area contributed by atoms with Crippen molar-refractivity contribution < 1.29 is 4.39 Å². The van der Waals surface area contributed by atoms with Crippen LogP contribution in [0.1, 0.15) is 31.7 Å². The molecule has 0 amide bonds. The normalized spacial score (nSPS) is 20.6. The van der Waals surface area contributed by atoms with Gasteiger partial charge in [-0.3, -0.25) is 0 Å². The van der Waals surface area contributed by atoms with Crippen LogP contribution in [0.3, 0.4) is 0 Å². The summed E-state index contributed by atoms with van der Waals surface area (Å²) < 4.78 is 13.9. The third-order valence-electron chi connectivity index (χ3n) is 3.56. The lowest BCUT2D eigenvalue weighted by molar-refractivity contribution is 0.481. The molecule has 3 heteroatoms. The molecule has 17 heavy (non-hydrogen) atoms. The van der Waals surface area contributed by atoms with E-state index in [-0.39, 0.29) is 5.82 Å². The molecule has 1 heterocycles. The number of rotatable bonds is 3. The molecule has 94 valence electrons. The van der Waals surface area contributed by atoms with Crippen molar-refractivity contribution in [1.82, 2.24) is 5.32 Å². The van der Waals surface area contributed by atoms with E-state index in [1.54, 1.807) is 6.07 Å². The maximum Gasteiger partial charge on any atom is 0.129 e. The van der Waals surface area contributed by atoms with Crippen molar-refractivity contribution in [2.24, 2.45) is 0 Å². The number of halogens is 1. The van der Waals surface area contributed by atoms with Crippen LogP contribution in [0.15, 0.2) is 18.2 Å². The Morgan fingerprint density at radius 2 is 2.24 bits per heavy atom. The van der Waals surface area contributed by atoms with Crippen LogP contribution >= 0.6 is 0 Å². The van der Waals surface area contributed by atoms with E-state index >= 15 is 0 Å². The first-order valence-electron chi connectivity index (χ1n) is 6.42. The average Bonchev–Trinajstić information content (AvgIpc) is 2.33. The summed E-state index contributed by atoms with van der Waals surface area (Å²) in [6.45, 7) is 3.86. The lowest BCUT2D eigenvalue weighted by Crippen LogP contribution is -2.38. The van der Waals surface area contributed by atoms with E-state index in [9.17, 15) is 4.39 Å². The molecular formula is C14H21FN2. The predicted octanol–water partition coefficient (Wildman–Crippen LogP) is 2.92. The molecule has 1 aliphatic heterocycles. The van der Waals surface area contributed by atoms with Gasteiger partial charge in [-0.05, 0) is 45.4 Å². The Labute approximate surface area is 103 Å². The van der Waals surface area contributed by atoms with Crippen molar-refractivity contribution in [2.75, 3.05) is 18.5 Å². The highest BCUT2D eigenvalue weighted by atomic mass is 19.1. The monoisotopic (exact) mass is 236 g/mol. The number of nitrogens with zero attached hydrogens (tertiary/aromatic N) is 1. The molecule has 1 aromatic carbocycles. The molecule has 1 fully saturated rings. The maximum absolute atomic E-state index is 13.9. The quantitative estimate of drug-likeness (QED) is 0.868. The Balaban J connectivity index is 2.32. The van der Waals surface area contributed by atoms with Crippen molar-refractivity contribution in [3.63, 3.8) is 0 Å². The Hall–Kier alpha value is -1.09. The first kappa shape index (κ1) is 12.4. The summed E-state index contributed by atoms with van der Waals surface area (Å²) in [7, 11) is 1.86. The molecular weight excluding hydrogens is 215 g/mol. The molecule has 1 unspecified atom stereocenters. The molecule has 0 spiro atoms. The van der Waals surface area contributed by atoms with E-state index in [4.69, 9.17) is 0 Å². The van der Waals surface area contributed by atoms with Crippen LogP contribution in [0.4, 0.5) is 10.1 Å². The van der Waals surface area contributed by atoms with E-state index in [0.29, 0.717) is 12.6 Å². The summed E-state index contributed by atoms with van der Waals surface area (Å²) in [4.78, 5) is 2.35. The molecule has 1 aliphatic rings. The first-order valence-corrected chi connectivity index (χ1v) is 6.42. The highest BCUT2D eigenvalue weighted by Gasteiger charge is 2.21. The lowest BCUT2D eigenvalue weighted by Gasteiger charge is -2.36. The van der Waals surface area contributed by atoms with Gasteiger partial charge in [-0.15, -0.1) is 0 Å². The molecule has 1 aromatic rings. The van der Waals surface area contributed by atoms with Gasteiger partial charge in [0.05, 0.1) is 0 Å². The van der Waals surface area contributed by atoms with Crippen LogP contribution < -0.4 is 10.2 Å². The topological polar surface area (TPSA) is 15.3 Å². The molecule has 0 bridgehead atoms. The van der Waals surface area contributed by atoms with Gasteiger partial charge in [0.15, 0.2) is 0 Å². The van der Waals surface area contributed by atoms with Gasteiger partial charge in [-0.25, -0.2) is 4.39 Å². The van der Waals surface area contributed by atoms with E-state index in [1.807, 2.05) is 19.2 Å². The van der Waals surface area contributed by atoms with Crippen molar-refractivity contribution in [1.29, 1.82) is 0 Å². The summed E-state index contributed by atoms with van der Waals surface area (Å²) in [6.07, 6.45) is 3.70. The maximum atomic E-state index is 13.9. The van der Waals surface area contributed by atoms with Gasteiger partial charge in [-0.2, -0.15) is 0 Å². The summed E-state index contributed by atoms with van der Waals surface area (Å²) in [5, 5.41) is 3.05. The second kappa shape index (κ2) is 5.50. The Bertz CT molecular complexity index is 378. The van der Waals surface area contributed by atoms with Crippen molar-refractivity contribution in [3.05, 3.63) is 29.6 Å². The number of hydrogen-bond acceptors (Lipinski definition) is 2. The number of piperidine rings is 1. The molecule has 1 saturated heterocycles. The van der Waals surface area contributed by atoms with E-state index in [1.165, 1.54) is 19.3 Å². The van der Waals surface area contributed by atoms with Crippen molar-refractivity contribution in [2.45, 2.75) is 38.8 Å². The Morgan fingerprint density at radius 3 is 2.94 bits per heavy atom. The van der Waals surface area contributed by atoms with Gasteiger partial charge in [-0.1, -0.05) is 6.07 Å². The fourth-order valence-corrected chi connectivity index (χ4v) is 2.62. The van der Waals surface area contributed by atoms with E-state index in [2.05, 4.69) is 17.1 Å². The van der Waals surface area contributed by atoms with Crippen LogP contribution in [0.2, 0.25) is 0 Å². The molecule has 0 aromatic heterocycles. The van der Waals surface area contributed by atoms with E-state index < -0.39 is 0 Å².